The Morgan fingerprint density at radius 3 is 2.70 bits per heavy atom. The summed E-state index contributed by atoms with van der Waals surface area (Å²) in [6.45, 7) is 5.93. The molecule has 0 heterocycles. The number of amides is 2. The van der Waals surface area contributed by atoms with Crippen molar-refractivity contribution in [2.24, 2.45) is 5.41 Å². The van der Waals surface area contributed by atoms with E-state index in [1.54, 1.807) is 7.05 Å². The van der Waals surface area contributed by atoms with Crippen LogP contribution in [0.3, 0.4) is 0 Å². The van der Waals surface area contributed by atoms with Gasteiger partial charge in [-0.1, -0.05) is 13.0 Å². The van der Waals surface area contributed by atoms with Gasteiger partial charge in [-0.05, 0) is 45.6 Å². The van der Waals surface area contributed by atoms with E-state index in [2.05, 4.69) is 10.6 Å². The summed E-state index contributed by atoms with van der Waals surface area (Å²) in [7, 11) is 1.54. The van der Waals surface area contributed by atoms with Crippen LogP contribution in [-0.2, 0) is 9.53 Å². The van der Waals surface area contributed by atoms with E-state index in [0.29, 0.717) is 6.42 Å². The molecule has 2 atom stereocenters. The fourth-order valence-electron chi connectivity index (χ4n) is 2.31. The lowest BCUT2D eigenvalue weighted by atomic mass is 9.78. The summed E-state index contributed by atoms with van der Waals surface area (Å²) in [6, 6.07) is 0.151. The molecule has 0 bridgehead atoms. The third kappa shape index (κ3) is 4.87. The summed E-state index contributed by atoms with van der Waals surface area (Å²) in [5.41, 5.74) is -0.376. The van der Waals surface area contributed by atoms with Crippen LogP contribution in [0.5, 0.6) is 0 Å². The Bertz CT molecular complexity index is 379. The van der Waals surface area contributed by atoms with Gasteiger partial charge in [-0.15, -0.1) is 0 Å². The molecule has 0 aliphatic heterocycles. The van der Waals surface area contributed by atoms with Crippen molar-refractivity contribution < 1.29 is 14.3 Å². The summed E-state index contributed by atoms with van der Waals surface area (Å²) in [6.07, 6.45) is 6.28. The van der Waals surface area contributed by atoms with Crippen LogP contribution >= 0.6 is 0 Å². The quantitative estimate of drug-likeness (QED) is 0.781. The Balaban J connectivity index is 2.64. The van der Waals surface area contributed by atoms with E-state index >= 15 is 0 Å². The summed E-state index contributed by atoms with van der Waals surface area (Å²) < 4.78 is 5.23. The first-order valence-electron chi connectivity index (χ1n) is 7.23. The fourth-order valence-corrected chi connectivity index (χ4v) is 2.31. The Hall–Kier alpha value is -1.52. The summed E-state index contributed by atoms with van der Waals surface area (Å²) in [5.74, 6) is 0.0998. The number of hydrogen-bond acceptors (Lipinski definition) is 3. The van der Waals surface area contributed by atoms with Crippen LogP contribution in [0, 0.1) is 5.41 Å². The van der Waals surface area contributed by atoms with Gasteiger partial charge in [-0.2, -0.15) is 0 Å². The minimum Gasteiger partial charge on any atom is -0.442 e. The molecular weight excluding hydrogens is 256 g/mol. The van der Waals surface area contributed by atoms with Gasteiger partial charge in [0, 0.05) is 18.5 Å². The minimum absolute atomic E-state index is 0.0998. The van der Waals surface area contributed by atoms with Crippen molar-refractivity contribution in [1.82, 2.24) is 10.6 Å². The number of nitrogens with one attached hydrogen (secondary N) is 2. The van der Waals surface area contributed by atoms with E-state index in [1.165, 1.54) is 0 Å². The predicted octanol–water partition coefficient (Wildman–Crippen LogP) is 2.37. The Labute approximate surface area is 121 Å². The molecule has 0 radical (unpaired) electrons. The van der Waals surface area contributed by atoms with Gasteiger partial charge in [0.25, 0.3) is 0 Å². The first-order chi connectivity index (χ1) is 9.37. The summed E-state index contributed by atoms with van der Waals surface area (Å²) >= 11 is 0. The first kappa shape index (κ1) is 16.5. The van der Waals surface area contributed by atoms with E-state index in [4.69, 9.17) is 4.74 Å². The molecule has 20 heavy (non-hydrogen) atoms. The molecule has 5 nitrogen and oxygen atoms in total. The highest BCUT2D eigenvalue weighted by atomic mass is 16.6. The molecule has 1 aliphatic rings. The van der Waals surface area contributed by atoms with Crippen LogP contribution in [0.25, 0.3) is 0 Å². The van der Waals surface area contributed by atoms with Crippen LogP contribution in [0.1, 0.15) is 46.5 Å². The van der Waals surface area contributed by atoms with Gasteiger partial charge in [0.05, 0.1) is 0 Å². The number of rotatable bonds is 3. The van der Waals surface area contributed by atoms with E-state index in [9.17, 15) is 9.59 Å². The molecule has 114 valence electrons. The molecular formula is C15H26N2O3. The monoisotopic (exact) mass is 282 g/mol. The summed E-state index contributed by atoms with van der Waals surface area (Å²) in [5, 5.41) is 5.43. The van der Waals surface area contributed by atoms with Gasteiger partial charge in [-0.25, -0.2) is 4.79 Å². The number of alkyl carbamates (subject to hydrolysis) is 1. The van der Waals surface area contributed by atoms with Crippen molar-refractivity contribution in [2.45, 2.75) is 58.6 Å². The van der Waals surface area contributed by atoms with Crippen LogP contribution in [-0.4, -0.2) is 31.2 Å². The topological polar surface area (TPSA) is 67.4 Å². The number of hydrogen-bond donors (Lipinski definition) is 2. The molecule has 2 amide bonds. The molecule has 0 saturated heterocycles. The van der Waals surface area contributed by atoms with Gasteiger partial charge in [0.1, 0.15) is 6.10 Å². The van der Waals surface area contributed by atoms with Crippen LogP contribution in [0.4, 0.5) is 4.79 Å². The molecule has 2 N–H and O–H groups in total. The third-order valence-electron chi connectivity index (χ3n) is 3.57. The predicted molar refractivity (Wildman–Crippen MR) is 78.3 cm³/mol. The van der Waals surface area contributed by atoms with Crippen molar-refractivity contribution in [2.75, 3.05) is 7.05 Å². The maximum absolute atomic E-state index is 12.3. The molecule has 1 rings (SSSR count). The zero-order valence-electron chi connectivity index (χ0n) is 12.9. The SMILES string of the molecule is CNC(=O)OC1/C=C/CC(C)(C(=O)NC(C)C)CCC1. The van der Waals surface area contributed by atoms with E-state index in [-0.39, 0.29) is 23.5 Å². The molecule has 0 aromatic carbocycles. The largest absolute Gasteiger partial charge is 0.442 e. The van der Waals surface area contributed by atoms with Crippen molar-refractivity contribution in [3.05, 3.63) is 12.2 Å². The molecule has 0 saturated carbocycles. The van der Waals surface area contributed by atoms with Gasteiger partial charge < -0.3 is 15.4 Å². The highest BCUT2D eigenvalue weighted by molar-refractivity contribution is 5.82. The van der Waals surface area contributed by atoms with E-state index in [1.807, 2.05) is 32.9 Å². The molecule has 0 aromatic rings. The van der Waals surface area contributed by atoms with Crippen molar-refractivity contribution >= 4 is 12.0 Å². The highest BCUT2D eigenvalue weighted by Gasteiger charge is 2.33. The standard InChI is InChI=1S/C15H26N2O3/c1-11(2)17-13(18)15(3)9-5-7-12(8-6-10-15)20-14(19)16-4/h5,7,11-12H,6,8-10H2,1-4H3,(H,16,19)(H,17,18)/b7-5+. The lowest BCUT2D eigenvalue weighted by molar-refractivity contribution is -0.131. The second kappa shape index (κ2) is 7.31. The second-order valence-electron chi connectivity index (χ2n) is 5.91. The Kier molecular flexibility index (Phi) is 6.05. The molecule has 5 heteroatoms. The molecule has 0 spiro atoms. The molecule has 0 fully saturated rings. The van der Waals surface area contributed by atoms with Gasteiger partial charge in [-0.3, -0.25) is 4.79 Å². The molecule has 2 unspecified atom stereocenters. The van der Waals surface area contributed by atoms with Crippen molar-refractivity contribution in [3.8, 4) is 0 Å². The van der Waals surface area contributed by atoms with Crippen LogP contribution in [0.2, 0.25) is 0 Å². The number of carbonyl (C=O) groups is 2. The zero-order chi connectivity index (χ0) is 15.2. The molecule has 0 aromatic heterocycles. The van der Waals surface area contributed by atoms with E-state index < -0.39 is 6.09 Å². The Morgan fingerprint density at radius 2 is 2.10 bits per heavy atom. The summed E-state index contributed by atoms with van der Waals surface area (Å²) in [4.78, 5) is 23.5. The maximum atomic E-state index is 12.3. The fraction of sp³-hybridized carbons (Fsp3) is 0.733. The van der Waals surface area contributed by atoms with E-state index in [0.717, 1.165) is 19.3 Å². The average molecular weight is 282 g/mol. The first-order valence-corrected chi connectivity index (χ1v) is 7.23. The average Bonchev–Trinajstić information content (AvgIpc) is 2.34. The number of carbonyl (C=O) groups excluding carboxylic acids is 2. The highest BCUT2D eigenvalue weighted by Crippen LogP contribution is 2.32. The second-order valence-corrected chi connectivity index (χ2v) is 5.91. The lowest BCUT2D eigenvalue weighted by Crippen LogP contribution is -2.42. The molecule has 1 aliphatic carbocycles. The third-order valence-corrected chi connectivity index (χ3v) is 3.57. The lowest BCUT2D eigenvalue weighted by Gasteiger charge is -2.30. The zero-order valence-corrected chi connectivity index (χ0v) is 12.9. The number of ether oxygens (including phenoxy) is 1. The van der Waals surface area contributed by atoms with Crippen molar-refractivity contribution in [3.63, 3.8) is 0 Å². The number of allylic oxidation sites excluding steroid dienone is 1. The van der Waals surface area contributed by atoms with Gasteiger partial charge in [0.15, 0.2) is 0 Å². The maximum Gasteiger partial charge on any atom is 0.407 e. The normalized spacial score (nSPS) is 28.1. The minimum atomic E-state index is -0.416. The Morgan fingerprint density at radius 1 is 1.40 bits per heavy atom. The van der Waals surface area contributed by atoms with Gasteiger partial charge in [0.2, 0.25) is 5.91 Å². The van der Waals surface area contributed by atoms with Crippen LogP contribution in [0.15, 0.2) is 12.2 Å². The van der Waals surface area contributed by atoms with Gasteiger partial charge >= 0.3 is 6.09 Å². The van der Waals surface area contributed by atoms with Crippen LogP contribution < -0.4 is 10.6 Å². The van der Waals surface area contributed by atoms with Crippen molar-refractivity contribution in [1.29, 1.82) is 0 Å². The smallest absolute Gasteiger partial charge is 0.407 e.